The summed E-state index contributed by atoms with van der Waals surface area (Å²) in [5, 5.41) is 35.2. The summed E-state index contributed by atoms with van der Waals surface area (Å²) in [4.78, 5) is 11.4. The molecule has 0 aromatic heterocycles. The number of hydrogen-bond acceptors (Lipinski definition) is 6. The first-order chi connectivity index (χ1) is 9.18. The van der Waals surface area contributed by atoms with Gasteiger partial charge in [0.1, 0.15) is 24.4 Å². The normalized spacial score (nSPS) is 34.9. The topological polar surface area (TPSA) is 111 Å². The fourth-order valence-electron chi connectivity index (χ4n) is 2.27. The number of aliphatic hydroxyl groups excluding tert-OH is 3. The average molecular weight is 290 g/mol. The molecule has 1 saturated heterocycles. The van der Waals surface area contributed by atoms with Gasteiger partial charge in [0.2, 0.25) is 5.91 Å². The van der Waals surface area contributed by atoms with E-state index in [4.69, 9.17) is 4.74 Å². The van der Waals surface area contributed by atoms with Crippen LogP contribution in [0.4, 0.5) is 0 Å². The standard InChI is InChI=1S/C13H26N2O5/c1-13(2,3)12-11(19)10(18)9(17)7(20-12)5-15-8(16)6-14-4/h7,9-12,14,17-19H,5-6H2,1-4H3,(H,15,16)/t7-,9-,10+,11-,12-/m1/s1. The van der Waals surface area contributed by atoms with Crippen molar-refractivity contribution in [2.24, 2.45) is 5.41 Å². The molecule has 1 fully saturated rings. The molecule has 0 aromatic carbocycles. The minimum atomic E-state index is -1.29. The minimum Gasteiger partial charge on any atom is -0.388 e. The Bertz CT molecular complexity index is 331. The lowest BCUT2D eigenvalue weighted by molar-refractivity contribution is -0.242. The number of amides is 1. The molecule has 1 aliphatic rings. The highest BCUT2D eigenvalue weighted by atomic mass is 16.5. The van der Waals surface area contributed by atoms with Crippen LogP contribution in [-0.4, -0.2) is 71.9 Å². The fourth-order valence-corrected chi connectivity index (χ4v) is 2.27. The molecule has 0 saturated carbocycles. The van der Waals surface area contributed by atoms with Gasteiger partial charge in [-0.25, -0.2) is 0 Å². The first-order valence-electron chi connectivity index (χ1n) is 6.79. The van der Waals surface area contributed by atoms with E-state index in [2.05, 4.69) is 10.6 Å². The zero-order valence-corrected chi connectivity index (χ0v) is 12.5. The van der Waals surface area contributed by atoms with Crippen molar-refractivity contribution in [2.75, 3.05) is 20.1 Å². The highest BCUT2D eigenvalue weighted by Crippen LogP contribution is 2.32. The SMILES string of the molecule is CNCC(=O)NC[C@H]1O[C@@H](C(C)(C)C)[C@H](O)[C@@H](O)[C@@H]1O. The zero-order valence-electron chi connectivity index (χ0n) is 12.5. The molecule has 7 heteroatoms. The third-order valence-corrected chi connectivity index (χ3v) is 3.40. The Morgan fingerprint density at radius 3 is 2.25 bits per heavy atom. The van der Waals surface area contributed by atoms with Gasteiger partial charge in [0.15, 0.2) is 0 Å². The number of aliphatic hydroxyl groups is 3. The number of carbonyl (C=O) groups is 1. The maximum Gasteiger partial charge on any atom is 0.234 e. The number of ether oxygens (including phenoxy) is 1. The second-order valence-electron chi connectivity index (χ2n) is 6.27. The molecule has 5 atom stereocenters. The molecule has 0 aliphatic carbocycles. The van der Waals surface area contributed by atoms with E-state index in [1.165, 1.54) is 0 Å². The van der Waals surface area contributed by atoms with Gasteiger partial charge >= 0.3 is 0 Å². The summed E-state index contributed by atoms with van der Waals surface area (Å²) < 4.78 is 5.68. The van der Waals surface area contributed by atoms with Crippen molar-refractivity contribution in [3.8, 4) is 0 Å². The highest BCUT2D eigenvalue weighted by molar-refractivity contribution is 5.77. The number of carbonyl (C=O) groups excluding carboxylic acids is 1. The molecule has 1 aliphatic heterocycles. The maximum atomic E-state index is 11.4. The molecule has 1 rings (SSSR count). The van der Waals surface area contributed by atoms with E-state index in [0.717, 1.165) is 0 Å². The minimum absolute atomic E-state index is 0.0814. The Morgan fingerprint density at radius 2 is 1.75 bits per heavy atom. The molecule has 5 N–H and O–H groups in total. The smallest absolute Gasteiger partial charge is 0.234 e. The van der Waals surface area contributed by atoms with Crippen LogP contribution in [0.15, 0.2) is 0 Å². The zero-order chi connectivity index (χ0) is 15.5. The van der Waals surface area contributed by atoms with Gasteiger partial charge in [-0.05, 0) is 12.5 Å². The Balaban J connectivity index is 2.68. The number of rotatable bonds is 4. The van der Waals surface area contributed by atoms with Crippen molar-refractivity contribution >= 4 is 5.91 Å². The number of likely N-dealkylation sites (N-methyl/N-ethyl adjacent to an activating group) is 1. The molecule has 0 aromatic rings. The molecular formula is C13H26N2O5. The van der Waals surface area contributed by atoms with Gasteiger partial charge in [0.05, 0.1) is 12.6 Å². The molecular weight excluding hydrogens is 264 g/mol. The fraction of sp³-hybridized carbons (Fsp3) is 0.923. The Labute approximate surface area is 119 Å². The van der Waals surface area contributed by atoms with E-state index in [1.807, 2.05) is 20.8 Å². The molecule has 1 heterocycles. The Morgan fingerprint density at radius 1 is 1.15 bits per heavy atom. The molecule has 1 amide bonds. The van der Waals surface area contributed by atoms with Crippen LogP contribution in [0.5, 0.6) is 0 Å². The molecule has 0 spiro atoms. The summed E-state index contributed by atoms with van der Waals surface area (Å²) in [7, 11) is 1.65. The van der Waals surface area contributed by atoms with Crippen LogP contribution in [0.25, 0.3) is 0 Å². The van der Waals surface area contributed by atoms with Gasteiger partial charge in [-0.15, -0.1) is 0 Å². The van der Waals surface area contributed by atoms with Crippen molar-refractivity contribution < 1.29 is 24.9 Å². The van der Waals surface area contributed by atoms with Gasteiger partial charge in [0.25, 0.3) is 0 Å². The predicted octanol–water partition coefficient (Wildman–Crippen LogP) is -1.78. The van der Waals surface area contributed by atoms with Crippen molar-refractivity contribution in [3.05, 3.63) is 0 Å². The third kappa shape index (κ3) is 4.13. The Hall–Kier alpha value is -0.730. The van der Waals surface area contributed by atoms with Crippen LogP contribution >= 0.6 is 0 Å². The van der Waals surface area contributed by atoms with E-state index < -0.39 is 35.9 Å². The van der Waals surface area contributed by atoms with Gasteiger partial charge in [0, 0.05) is 6.54 Å². The van der Waals surface area contributed by atoms with E-state index in [1.54, 1.807) is 7.05 Å². The highest BCUT2D eigenvalue weighted by Gasteiger charge is 2.47. The van der Waals surface area contributed by atoms with Crippen molar-refractivity contribution in [2.45, 2.75) is 51.3 Å². The van der Waals surface area contributed by atoms with Crippen molar-refractivity contribution in [3.63, 3.8) is 0 Å². The molecule has 118 valence electrons. The van der Waals surface area contributed by atoms with E-state index in [-0.39, 0.29) is 19.0 Å². The third-order valence-electron chi connectivity index (χ3n) is 3.40. The second kappa shape index (κ2) is 6.82. The summed E-state index contributed by atoms with van der Waals surface area (Å²) in [5.74, 6) is -0.226. The van der Waals surface area contributed by atoms with Crippen LogP contribution in [0.3, 0.4) is 0 Å². The molecule has 7 nitrogen and oxygen atoms in total. The number of hydrogen-bond donors (Lipinski definition) is 5. The van der Waals surface area contributed by atoms with Gasteiger partial charge < -0.3 is 30.7 Å². The van der Waals surface area contributed by atoms with E-state index in [0.29, 0.717) is 0 Å². The summed E-state index contributed by atoms with van der Waals surface area (Å²) in [6, 6.07) is 0. The molecule has 0 unspecified atom stereocenters. The monoisotopic (exact) mass is 290 g/mol. The maximum absolute atomic E-state index is 11.4. The summed E-state index contributed by atoms with van der Waals surface area (Å²) in [6.07, 6.45) is -5.06. The second-order valence-corrected chi connectivity index (χ2v) is 6.27. The summed E-state index contributed by atoms with van der Waals surface area (Å²) >= 11 is 0. The lowest BCUT2D eigenvalue weighted by Gasteiger charge is -2.45. The average Bonchev–Trinajstić information content (AvgIpc) is 2.34. The largest absolute Gasteiger partial charge is 0.388 e. The van der Waals surface area contributed by atoms with E-state index >= 15 is 0 Å². The van der Waals surface area contributed by atoms with Crippen LogP contribution in [-0.2, 0) is 9.53 Å². The lowest BCUT2D eigenvalue weighted by Crippen LogP contribution is -2.62. The Kier molecular flexibility index (Phi) is 5.91. The summed E-state index contributed by atoms with van der Waals surface area (Å²) in [6.45, 7) is 5.88. The molecule has 20 heavy (non-hydrogen) atoms. The van der Waals surface area contributed by atoms with Crippen LogP contribution in [0.2, 0.25) is 0 Å². The van der Waals surface area contributed by atoms with Crippen LogP contribution in [0.1, 0.15) is 20.8 Å². The predicted molar refractivity (Wildman–Crippen MR) is 73.1 cm³/mol. The van der Waals surface area contributed by atoms with E-state index in [9.17, 15) is 20.1 Å². The first kappa shape index (κ1) is 17.3. The van der Waals surface area contributed by atoms with Gasteiger partial charge in [-0.3, -0.25) is 4.79 Å². The van der Waals surface area contributed by atoms with Gasteiger partial charge in [-0.2, -0.15) is 0 Å². The van der Waals surface area contributed by atoms with Crippen molar-refractivity contribution in [1.29, 1.82) is 0 Å². The molecule has 0 bridgehead atoms. The molecule has 0 radical (unpaired) electrons. The first-order valence-corrected chi connectivity index (χ1v) is 6.79. The summed E-state index contributed by atoms with van der Waals surface area (Å²) in [5.41, 5.74) is -0.395. The van der Waals surface area contributed by atoms with Gasteiger partial charge in [-0.1, -0.05) is 20.8 Å². The lowest BCUT2D eigenvalue weighted by atomic mass is 9.80. The van der Waals surface area contributed by atoms with Crippen molar-refractivity contribution in [1.82, 2.24) is 10.6 Å². The van der Waals surface area contributed by atoms with Crippen LogP contribution in [0, 0.1) is 5.41 Å². The number of nitrogens with one attached hydrogen (secondary N) is 2. The van der Waals surface area contributed by atoms with Crippen LogP contribution < -0.4 is 10.6 Å². The quantitative estimate of drug-likeness (QED) is 0.418.